The summed E-state index contributed by atoms with van der Waals surface area (Å²) in [4.78, 5) is 12.7. The highest BCUT2D eigenvalue weighted by Crippen LogP contribution is 2.58. The van der Waals surface area contributed by atoms with E-state index in [-0.39, 0.29) is 17.3 Å². The Kier molecular flexibility index (Phi) is 3.35. The molecule has 0 heterocycles. The minimum Gasteiger partial charge on any atom is -0.464 e. The molecule has 1 saturated carbocycles. The van der Waals surface area contributed by atoms with Gasteiger partial charge in [0.2, 0.25) is 0 Å². The van der Waals surface area contributed by atoms with Crippen LogP contribution in [0.15, 0.2) is 48.5 Å². The summed E-state index contributed by atoms with van der Waals surface area (Å²) in [7, 11) is 0. The predicted octanol–water partition coefficient (Wildman–Crippen LogP) is 4.98. The summed E-state index contributed by atoms with van der Waals surface area (Å²) in [5.41, 5.74) is 4.56. The molecular weight excluding hydrogens is 296 g/mol. The number of esters is 1. The van der Waals surface area contributed by atoms with Crippen LogP contribution in [0, 0.1) is 17.3 Å². The normalized spacial score (nSPS) is 18.0. The van der Waals surface area contributed by atoms with Crippen LogP contribution in [0.5, 0.6) is 0 Å². The molecular formula is C22H23O2. The van der Waals surface area contributed by atoms with Crippen LogP contribution < -0.4 is 0 Å². The van der Waals surface area contributed by atoms with E-state index in [0.717, 1.165) is 6.42 Å². The fourth-order valence-electron chi connectivity index (χ4n) is 3.91. The SMILES string of the molecule is CC(C)(C)C1(C(=O)OCC2c3ccccc3-c3ccccc32)[CH]C1. The Morgan fingerprint density at radius 3 is 2.00 bits per heavy atom. The van der Waals surface area contributed by atoms with Crippen molar-refractivity contribution in [2.24, 2.45) is 10.8 Å². The number of rotatable bonds is 3. The second-order valence-corrected chi connectivity index (χ2v) is 7.96. The minimum atomic E-state index is -0.398. The molecule has 2 aliphatic carbocycles. The molecule has 0 aliphatic heterocycles. The number of hydrogen-bond donors (Lipinski definition) is 0. The fraction of sp³-hybridized carbons (Fsp3) is 0.364. The monoisotopic (exact) mass is 319 g/mol. The largest absolute Gasteiger partial charge is 0.464 e. The Balaban J connectivity index is 1.59. The Hall–Kier alpha value is -2.09. The van der Waals surface area contributed by atoms with Gasteiger partial charge in [0.15, 0.2) is 0 Å². The maximum atomic E-state index is 12.7. The number of hydrogen-bond acceptors (Lipinski definition) is 2. The van der Waals surface area contributed by atoms with Gasteiger partial charge in [0.25, 0.3) is 0 Å². The van der Waals surface area contributed by atoms with E-state index in [1.165, 1.54) is 22.3 Å². The summed E-state index contributed by atoms with van der Waals surface area (Å²) in [6.45, 7) is 6.74. The first kappa shape index (κ1) is 15.4. The van der Waals surface area contributed by atoms with Crippen molar-refractivity contribution >= 4 is 5.97 Å². The zero-order valence-corrected chi connectivity index (χ0v) is 14.5. The maximum absolute atomic E-state index is 12.7. The van der Waals surface area contributed by atoms with E-state index >= 15 is 0 Å². The third-order valence-corrected chi connectivity index (χ3v) is 5.66. The second-order valence-electron chi connectivity index (χ2n) is 7.96. The molecule has 2 nitrogen and oxygen atoms in total. The predicted molar refractivity (Wildman–Crippen MR) is 95.5 cm³/mol. The molecule has 2 aliphatic rings. The zero-order chi connectivity index (χ0) is 16.9. The van der Waals surface area contributed by atoms with Crippen LogP contribution in [-0.4, -0.2) is 12.6 Å². The van der Waals surface area contributed by atoms with Crippen molar-refractivity contribution in [1.82, 2.24) is 0 Å². The lowest BCUT2D eigenvalue weighted by atomic mass is 9.77. The van der Waals surface area contributed by atoms with Crippen LogP contribution in [0.4, 0.5) is 0 Å². The lowest BCUT2D eigenvalue weighted by Gasteiger charge is -2.29. The van der Waals surface area contributed by atoms with Crippen molar-refractivity contribution in [3.63, 3.8) is 0 Å². The van der Waals surface area contributed by atoms with E-state index in [4.69, 9.17) is 4.74 Å². The van der Waals surface area contributed by atoms with Crippen LogP contribution in [0.3, 0.4) is 0 Å². The third kappa shape index (κ3) is 2.20. The van der Waals surface area contributed by atoms with Gasteiger partial charge in [0.05, 0.1) is 5.41 Å². The summed E-state index contributed by atoms with van der Waals surface area (Å²) < 4.78 is 5.82. The molecule has 1 unspecified atom stereocenters. The van der Waals surface area contributed by atoms with Crippen LogP contribution in [0.1, 0.15) is 44.2 Å². The topological polar surface area (TPSA) is 26.3 Å². The molecule has 123 valence electrons. The van der Waals surface area contributed by atoms with Gasteiger partial charge in [-0.15, -0.1) is 0 Å². The van der Waals surface area contributed by atoms with Gasteiger partial charge < -0.3 is 4.74 Å². The molecule has 1 fully saturated rings. The molecule has 1 radical (unpaired) electrons. The van der Waals surface area contributed by atoms with Crippen LogP contribution in [0.2, 0.25) is 0 Å². The highest BCUT2D eigenvalue weighted by molar-refractivity contribution is 5.84. The van der Waals surface area contributed by atoms with Crippen molar-refractivity contribution < 1.29 is 9.53 Å². The van der Waals surface area contributed by atoms with E-state index in [1.54, 1.807) is 0 Å². The van der Waals surface area contributed by atoms with Gasteiger partial charge in [-0.2, -0.15) is 0 Å². The number of fused-ring (bicyclic) bond motifs is 3. The highest BCUT2D eigenvalue weighted by atomic mass is 16.5. The van der Waals surface area contributed by atoms with Crippen molar-refractivity contribution in [2.75, 3.05) is 6.61 Å². The van der Waals surface area contributed by atoms with Gasteiger partial charge >= 0.3 is 5.97 Å². The van der Waals surface area contributed by atoms with Crippen LogP contribution in [0.25, 0.3) is 11.1 Å². The lowest BCUT2D eigenvalue weighted by Crippen LogP contribution is -2.33. The van der Waals surface area contributed by atoms with Gasteiger partial charge in [-0.05, 0) is 40.5 Å². The first-order chi connectivity index (χ1) is 11.4. The Morgan fingerprint density at radius 1 is 1.04 bits per heavy atom. The van der Waals surface area contributed by atoms with Gasteiger partial charge in [-0.25, -0.2) is 0 Å². The summed E-state index contributed by atoms with van der Waals surface area (Å²) in [5.74, 6) is 0.0639. The molecule has 2 aromatic carbocycles. The molecule has 24 heavy (non-hydrogen) atoms. The van der Waals surface area contributed by atoms with Crippen LogP contribution in [-0.2, 0) is 9.53 Å². The Morgan fingerprint density at radius 2 is 1.54 bits per heavy atom. The second kappa shape index (κ2) is 5.20. The molecule has 2 heteroatoms. The number of benzene rings is 2. The number of carbonyl (C=O) groups is 1. The third-order valence-electron chi connectivity index (χ3n) is 5.66. The van der Waals surface area contributed by atoms with E-state index in [0.29, 0.717) is 6.61 Å². The highest BCUT2D eigenvalue weighted by Gasteiger charge is 2.59. The zero-order valence-electron chi connectivity index (χ0n) is 14.5. The van der Waals surface area contributed by atoms with E-state index in [9.17, 15) is 4.79 Å². The van der Waals surface area contributed by atoms with Crippen molar-refractivity contribution in [1.29, 1.82) is 0 Å². The minimum absolute atomic E-state index is 0.0723. The smallest absolute Gasteiger partial charge is 0.312 e. The molecule has 0 N–H and O–H groups in total. The Bertz CT molecular complexity index is 748. The number of carbonyl (C=O) groups excluding carboxylic acids is 1. The Labute approximate surface area is 143 Å². The summed E-state index contributed by atoms with van der Waals surface area (Å²) in [6.07, 6.45) is 2.92. The fourth-order valence-corrected chi connectivity index (χ4v) is 3.91. The molecule has 2 aromatic rings. The molecule has 0 aromatic heterocycles. The van der Waals surface area contributed by atoms with Gasteiger partial charge in [-0.1, -0.05) is 69.3 Å². The van der Waals surface area contributed by atoms with Gasteiger partial charge in [0, 0.05) is 5.92 Å². The first-order valence-corrected chi connectivity index (χ1v) is 8.64. The molecule has 0 spiro atoms. The lowest BCUT2D eigenvalue weighted by molar-refractivity contribution is -0.154. The van der Waals surface area contributed by atoms with Crippen molar-refractivity contribution in [2.45, 2.75) is 33.1 Å². The summed E-state index contributed by atoms with van der Waals surface area (Å²) in [6, 6.07) is 16.9. The molecule has 1 atom stereocenters. The van der Waals surface area contributed by atoms with Crippen molar-refractivity contribution in [3.8, 4) is 11.1 Å². The quantitative estimate of drug-likeness (QED) is 0.746. The van der Waals surface area contributed by atoms with Gasteiger partial charge in [0.1, 0.15) is 6.61 Å². The van der Waals surface area contributed by atoms with Crippen molar-refractivity contribution in [3.05, 3.63) is 66.1 Å². The average molecular weight is 319 g/mol. The molecule has 0 saturated heterocycles. The molecule has 0 bridgehead atoms. The van der Waals surface area contributed by atoms with Crippen LogP contribution >= 0.6 is 0 Å². The molecule has 0 amide bonds. The van der Waals surface area contributed by atoms with E-state index < -0.39 is 5.41 Å². The summed E-state index contributed by atoms with van der Waals surface area (Å²) >= 11 is 0. The number of ether oxygens (including phenoxy) is 1. The van der Waals surface area contributed by atoms with E-state index in [2.05, 4.69) is 75.7 Å². The average Bonchev–Trinajstić information content (AvgIpc) is 3.32. The molecule has 4 rings (SSSR count). The maximum Gasteiger partial charge on any atom is 0.312 e. The first-order valence-electron chi connectivity index (χ1n) is 8.64. The van der Waals surface area contributed by atoms with E-state index in [1.807, 2.05) is 0 Å². The van der Waals surface area contributed by atoms with Gasteiger partial charge in [-0.3, -0.25) is 4.79 Å². The standard InChI is InChI=1S/C22H23O2/c1-21(2,3)22(12-13-22)20(23)24-14-19-17-10-6-4-8-15(17)16-9-5-7-11-18(16)19/h4-12,19H,13-14H2,1-3H3. The summed E-state index contributed by atoms with van der Waals surface area (Å²) in [5, 5.41) is 0.